The molecule has 0 aromatic carbocycles. The van der Waals surface area contributed by atoms with E-state index in [0.29, 0.717) is 11.5 Å². The molecule has 0 amide bonds. The summed E-state index contributed by atoms with van der Waals surface area (Å²) in [7, 11) is -2.76. The highest BCUT2D eigenvalue weighted by molar-refractivity contribution is 7.91. The van der Waals surface area contributed by atoms with E-state index < -0.39 is 9.84 Å². The standard InChI is InChI=1S/C12H24O2S/c1-3-5-7-8-9-10-12-15(13,14)11-6-4-2/h3H,1,4-12H2,2H3. The normalized spacial score (nSPS) is 11.5. The molecule has 0 rings (SSSR count). The van der Waals surface area contributed by atoms with Crippen LogP contribution in [-0.2, 0) is 9.84 Å². The number of allylic oxidation sites excluding steroid dienone is 1. The number of hydrogen-bond acceptors (Lipinski definition) is 2. The molecule has 0 atom stereocenters. The molecule has 0 aromatic rings. The number of rotatable bonds is 10. The lowest BCUT2D eigenvalue weighted by atomic mass is 10.2. The predicted octanol–water partition coefficient (Wildman–Crippen LogP) is 3.34. The predicted molar refractivity (Wildman–Crippen MR) is 66.8 cm³/mol. The van der Waals surface area contributed by atoms with Crippen molar-refractivity contribution in [3.63, 3.8) is 0 Å². The minimum Gasteiger partial charge on any atom is -0.229 e. The lowest BCUT2D eigenvalue weighted by Crippen LogP contribution is -2.10. The van der Waals surface area contributed by atoms with Gasteiger partial charge in [0.2, 0.25) is 0 Å². The summed E-state index contributed by atoms with van der Waals surface area (Å²) in [4.78, 5) is 0. The molecule has 0 heterocycles. The molecule has 0 saturated carbocycles. The van der Waals surface area contributed by atoms with Crippen LogP contribution >= 0.6 is 0 Å². The Morgan fingerprint density at radius 3 is 2.20 bits per heavy atom. The summed E-state index contributed by atoms with van der Waals surface area (Å²) in [6.07, 6.45) is 8.83. The third-order valence-corrected chi connectivity index (χ3v) is 4.24. The van der Waals surface area contributed by atoms with Gasteiger partial charge >= 0.3 is 0 Å². The molecule has 0 aliphatic carbocycles. The Kier molecular flexibility index (Phi) is 8.77. The van der Waals surface area contributed by atoms with Crippen LogP contribution < -0.4 is 0 Å². The van der Waals surface area contributed by atoms with Crippen molar-refractivity contribution in [1.29, 1.82) is 0 Å². The molecule has 0 N–H and O–H groups in total. The summed E-state index contributed by atoms with van der Waals surface area (Å²) in [6, 6.07) is 0. The first-order valence-electron chi connectivity index (χ1n) is 5.93. The van der Waals surface area contributed by atoms with Crippen LogP contribution in [0.25, 0.3) is 0 Å². The summed E-state index contributed by atoms with van der Waals surface area (Å²) >= 11 is 0. The highest BCUT2D eigenvalue weighted by Gasteiger charge is 2.08. The van der Waals surface area contributed by atoms with E-state index in [1.54, 1.807) is 0 Å². The zero-order valence-corrected chi connectivity index (χ0v) is 10.7. The summed E-state index contributed by atoms with van der Waals surface area (Å²) in [6.45, 7) is 5.67. The van der Waals surface area contributed by atoms with Gasteiger partial charge in [-0.15, -0.1) is 6.58 Å². The molecule has 0 aromatic heterocycles. The molecular weight excluding hydrogens is 208 g/mol. The van der Waals surface area contributed by atoms with Gasteiger partial charge in [-0.1, -0.05) is 32.3 Å². The maximum atomic E-state index is 11.5. The smallest absolute Gasteiger partial charge is 0.150 e. The molecule has 0 fully saturated rings. The minimum absolute atomic E-state index is 0.371. The molecule has 0 aliphatic heterocycles. The van der Waals surface area contributed by atoms with Crippen molar-refractivity contribution >= 4 is 9.84 Å². The van der Waals surface area contributed by atoms with Gasteiger partial charge in [-0.25, -0.2) is 8.42 Å². The molecular formula is C12H24O2S. The molecule has 90 valence electrons. The van der Waals surface area contributed by atoms with E-state index in [0.717, 1.165) is 44.9 Å². The lowest BCUT2D eigenvalue weighted by molar-refractivity contribution is 0.584. The van der Waals surface area contributed by atoms with Crippen molar-refractivity contribution in [2.75, 3.05) is 11.5 Å². The van der Waals surface area contributed by atoms with Gasteiger partial charge in [0.05, 0.1) is 11.5 Å². The third-order valence-electron chi connectivity index (χ3n) is 2.42. The quantitative estimate of drug-likeness (QED) is 0.427. The average Bonchev–Trinajstić information content (AvgIpc) is 2.20. The molecule has 0 aliphatic rings. The van der Waals surface area contributed by atoms with E-state index >= 15 is 0 Å². The van der Waals surface area contributed by atoms with Gasteiger partial charge in [-0.3, -0.25) is 0 Å². The number of unbranched alkanes of at least 4 members (excludes halogenated alkanes) is 5. The first kappa shape index (κ1) is 14.7. The van der Waals surface area contributed by atoms with E-state index in [2.05, 4.69) is 6.58 Å². The van der Waals surface area contributed by atoms with Crippen LogP contribution in [0.1, 0.15) is 51.9 Å². The Labute approximate surface area is 94.7 Å². The van der Waals surface area contributed by atoms with Gasteiger partial charge in [0.1, 0.15) is 9.84 Å². The first-order valence-corrected chi connectivity index (χ1v) is 7.76. The van der Waals surface area contributed by atoms with E-state index in [-0.39, 0.29) is 0 Å². The molecule has 0 spiro atoms. The Balaban J connectivity index is 3.44. The summed E-state index contributed by atoms with van der Waals surface area (Å²) in [5, 5.41) is 0. The summed E-state index contributed by atoms with van der Waals surface area (Å²) < 4.78 is 22.9. The Morgan fingerprint density at radius 1 is 1.00 bits per heavy atom. The second kappa shape index (κ2) is 8.96. The van der Waals surface area contributed by atoms with Gasteiger partial charge in [-0.2, -0.15) is 0 Å². The Hall–Kier alpha value is -0.310. The fraction of sp³-hybridized carbons (Fsp3) is 0.833. The van der Waals surface area contributed by atoms with Gasteiger partial charge in [0, 0.05) is 0 Å². The maximum absolute atomic E-state index is 11.5. The van der Waals surface area contributed by atoms with Crippen LogP contribution in [0.5, 0.6) is 0 Å². The van der Waals surface area contributed by atoms with Crippen molar-refractivity contribution in [1.82, 2.24) is 0 Å². The zero-order chi connectivity index (χ0) is 11.6. The largest absolute Gasteiger partial charge is 0.229 e. The fourth-order valence-corrected chi connectivity index (χ4v) is 3.01. The molecule has 0 bridgehead atoms. The van der Waals surface area contributed by atoms with E-state index in [4.69, 9.17) is 0 Å². The minimum atomic E-state index is -2.76. The van der Waals surface area contributed by atoms with Crippen molar-refractivity contribution in [3.8, 4) is 0 Å². The zero-order valence-electron chi connectivity index (χ0n) is 9.87. The first-order chi connectivity index (χ1) is 7.12. The van der Waals surface area contributed by atoms with Crippen molar-refractivity contribution in [3.05, 3.63) is 12.7 Å². The topological polar surface area (TPSA) is 34.1 Å². The Bertz CT molecular complexity index is 242. The van der Waals surface area contributed by atoms with Gasteiger partial charge in [0.25, 0.3) is 0 Å². The number of hydrogen-bond donors (Lipinski definition) is 0. The number of sulfone groups is 1. The monoisotopic (exact) mass is 232 g/mol. The van der Waals surface area contributed by atoms with Crippen LogP contribution in [0.2, 0.25) is 0 Å². The van der Waals surface area contributed by atoms with Crippen LogP contribution in [0.15, 0.2) is 12.7 Å². The third kappa shape index (κ3) is 9.98. The van der Waals surface area contributed by atoms with Crippen molar-refractivity contribution in [2.45, 2.75) is 51.9 Å². The van der Waals surface area contributed by atoms with Crippen LogP contribution in [0, 0.1) is 0 Å². The highest BCUT2D eigenvalue weighted by Crippen LogP contribution is 2.06. The molecule has 15 heavy (non-hydrogen) atoms. The SMILES string of the molecule is C=CCCCCCCS(=O)(=O)CCCC. The van der Waals surface area contributed by atoms with Gasteiger partial charge in [0.15, 0.2) is 0 Å². The maximum Gasteiger partial charge on any atom is 0.150 e. The van der Waals surface area contributed by atoms with Crippen molar-refractivity contribution < 1.29 is 8.42 Å². The van der Waals surface area contributed by atoms with E-state index in [1.165, 1.54) is 0 Å². The molecule has 0 saturated heterocycles. The van der Waals surface area contributed by atoms with Crippen molar-refractivity contribution in [2.24, 2.45) is 0 Å². The Morgan fingerprint density at radius 2 is 1.60 bits per heavy atom. The molecule has 0 unspecified atom stereocenters. The molecule has 2 nitrogen and oxygen atoms in total. The highest BCUT2D eigenvalue weighted by atomic mass is 32.2. The second-order valence-corrected chi connectivity index (χ2v) is 6.30. The van der Waals surface area contributed by atoms with Gasteiger partial charge < -0.3 is 0 Å². The fourth-order valence-electron chi connectivity index (χ4n) is 1.43. The molecule has 0 radical (unpaired) electrons. The lowest BCUT2D eigenvalue weighted by Gasteiger charge is -2.03. The average molecular weight is 232 g/mol. The van der Waals surface area contributed by atoms with E-state index in [1.807, 2.05) is 13.0 Å². The molecule has 3 heteroatoms. The van der Waals surface area contributed by atoms with E-state index in [9.17, 15) is 8.42 Å². The van der Waals surface area contributed by atoms with Crippen LogP contribution in [0.4, 0.5) is 0 Å². The summed E-state index contributed by atoms with van der Waals surface area (Å²) in [5.74, 6) is 0.747. The van der Waals surface area contributed by atoms with Crippen LogP contribution in [0.3, 0.4) is 0 Å². The summed E-state index contributed by atoms with van der Waals surface area (Å²) in [5.41, 5.74) is 0. The van der Waals surface area contributed by atoms with Gasteiger partial charge in [-0.05, 0) is 25.7 Å². The van der Waals surface area contributed by atoms with Crippen LogP contribution in [-0.4, -0.2) is 19.9 Å². The second-order valence-electron chi connectivity index (χ2n) is 4.00.